The molecule has 0 unspecified atom stereocenters. The van der Waals surface area contributed by atoms with Gasteiger partial charge in [0.05, 0.1) is 29.5 Å². The molecule has 1 N–H and O–H groups in total. The molecule has 4 aromatic rings. The molecule has 2 amide bonds. The first-order chi connectivity index (χ1) is 19.4. The summed E-state index contributed by atoms with van der Waals surface area (Å²) in [5, 5.41) is 7.91. The van der Waals surface area contributed by atoms with Crippen molar-refractivity contribution in [2.45, 2.75) is 38.5 Å². The summed E-state index contributed by atoms with van der Waals surface area (Å²) in [6.45, 7) is 5.92. The van der Waals surface area contributed by atoms with Crippen LogP contribution in [0, 0.1) is 6.92 Å². The average Bonchev–Trinajstić information content (AvgIpc) is 3.30. The lowest BCUT2D eigenvalue weighted by molar-refractivity contribution is -0.123. The van der Waals surface area contributed by atoms with Crippen LogP contribution < -0.4 is 15.0 Å². The van der Waals surface area contributed by atoms with Crippen LogP contribution in [0.4, 0.5) is 5.82 Å². The third-order valence-electron chi connectivity index (χ3n) is 7.16. The first-order valence-corrected chi connectivity index (χ1v) is 14.6. The van der Waals surface area contributed by atoms with Crippen LogP contribution >= 0.6 is 11.8 Å². The number of aromatic nitrogens is 2. The molecule has 7 nitrogen and oxygen atoms in total. The Hall–Kier alpha value is -4.04. The molecular weight excluding hydrogens is 520 g/mol. The molecule has 0 bridgehead atoms. The van der Waals surface area contributed by atoms with Gasteiger partial charge in [-0.05, 0) is 38.5 Å². The second-order valence-electron chi connectivity index (χ2n) is 9.99. The van der Waals surface area contributed by atoms with Crippen molar-refractivity contribution in [1.29, 1.82) is 0 Å². The van der Waals surface area contributed by atoms with Crippen LogP contribution in [0.1, 0.15) is 42.2 Å². The SMILES string of the molecule is CC[C@H](C)NC(=O)CN1C(=O)CS[C@@H](c2ccccc2OC)c2c(-c3ccccc3)nn(-c3ccc(C)cc3)c21. The van der Waals surface area contributed by atoms with E-state index in [1.807, 2.05) is 104 Å². The Bertz CT molecular complexity index is 1500. The van der Waals surface area contributed by atoms with Crippen LogP contribution in [0.2, 0.25) is 0 Å². The van der Waals surface area contributed by atoms with Crippen LogP contribution in [0.15, 0.2) is 78.9 Å². The van der Waals surface area contributed by atoms with E-state index in [0.717, 1.165) is 45.8 Å². The summed E-state index contributed by atoms with van der Waals surface area (Å²) in [5.74, 6) is 1.20. The van der Waals surface area contributed by atoms with Gasteiger partial charge in [-0.25, -0.2) is 4.68 Å². The van der Waals surface area contributed by atoms with Gasteiger partial charge in [0.2, 0.25) is 11.8 Å². The van der Waals surface area contributed by atoms with Gasteiger partial charge in [-0.3, -0.25) is 14.5 Å². The maximum atomic E-state index is 13.8. The first kappa shape index (κ1) is 27.5. The molecule has 0 radical (unpaired) electrons. The molecule has 1 aromatic heterocycles. The van der Waals surface area contributed by atoms with Crippen molar-refractivity contribution >= 4 is 29.4 Å². The number of para-hydroxylation sites is 1. The Balaban J connectivity index is 1.79. The number of fused-ring (bicyclic) bond motifs is 1. The third kappa shape index (κ3) is 5.49. The lowest BCUT2D eigenvalue weighted by Crippen LogP contribution is -2.44. The van der Waals surface area contributed by atoms with Gasteiger partial charge >= 0.3 is 0 Å². The molecule has 1 aliphatic heterocycles. The van der Waals surface area contributed by atoms with E-state index in [9.17, 15) is 9.59 Å². The Morgan fingerprint density at radius 1 is 1.07 bits per heavy atom. The van der Waals surface area contributed by atoms with Crippen molar-refractivity contribution in [3.8, 4) is 22.7 Å². The normalized spacial score (nSPS) is 15.8. The fourth-order valence-electron chi connectivity index (χ4n) is 4.89. The molecule has 2 atom stereocenters. The smallest absolute Gasteiger partial charge is 0.240 e. The Morgan fingerprint density at radius 2 is 1.77 bits per heavy atom. The van der Waals surface area contributed by atoms with Crippen molar-refractivity contribution in [2.24, 2.45) is 0 Å². The molecule has 0 saturated carbocycles. The van der Waals surface area contributed by atoms with E-state index in [1.54, 1.807) is 12.0 Å². The van der Waals surface area contributed by atoms with E-state index >= 15 is 0 Å². The molecule has 3 aromatic carbocycles. The van der Waals surface area contributed by atoms with Crippen LogP contribution in [0.3, 0.4) is 0 Å². The fraction of sp³-hybridized carbons (Fsp3) is 0.281. The Kier molecular flexibility index (Phi) is 8.26. The average molecular weight is 555 g/mol. The minimum Gasteiger partial charge on any atom is -0.496 e. The molecule has 0 fully saturated rings. The van der Waals surface area contributed by atoms with Gasteiger partial charge in [0.1, 0.15) is 18.1 Å². The number of hydrogen-bond acceptors (Lipinski definition) is 5. The number of nitrogens with one attached hydrogen (secondary N) is 1. The third-order valence-corrected chi connectivity index (χ3v) is 8.39. The van der Waals surface area contributed by atoms with Crippen LogP contribution in [-0.4, -0.2) is 47.0 Å². The summed E-state index contributed by atoms with van der Waals surface area (Å²) in [6, 6.07) is 25.9. The number of carbonyl (C=O) groups is 2. The molecule has 0 saturated heterocycles. The monoisotopic (exact) mass is 554 g/mol. The van der Waals surface area contributed by atoms with E-state index in [2.05, 4.69) is 5.32 Å². The van der Waals surface area contributed by atoms with E-state index in [0.29, 0.717) is 5.82 Å². The lowest BCUT2D eigenvalue weighted by atomic mass is 9.99. The summed E-state index contributed by atoms with van der Waals surface area (Å²) >= 11 is 1.53. The maximum Gasteiger partial charge on any atom is 0.240 e. The maximum absolute atomic E-state index is 13.8. The summed E-state index contributed by atoms with van der Waals surface area (Å²) < 4.78 is 7.60. The van der Waals surface area contributed by atoms with Gasteiger partial charge in [0, 0.05) is 22.7 Å². The number of nitrogens with zero attached hydrogens (tertiary/aromatic N) is 3. The number of carbonyl (C=O) groups excluding carboxylic acids is 2. The molecule has 0 aliphatic carbocycles. The van der Waals surface area contributed by atoms with Gasteiger partial charge in [-0.1, -0.05) is 73.2 Å². The minimum absolute atomic E-state index is 0.00615. The number of benzene rings is 3. The highest BCUT2D eigenvalue weighted by Crippen LogP contribution is 2.50. The molecule has 40 heavy (non-hydrogen) atoms. The van der Waals surface area contributed by atoms with Gasteiger partial charge in [0.25, 0.3) is 0 Å². The van der Waals surface area contributed by atoms with Crippen LogP contribution in [0.25, 0.3) is 16.9 Å². The van der Waals surface area contributed by atoms with E-state index in [-0.39, 0.29) is 35.4 Å². The van der Waals surface area contributed by atoms with Gasteiger partial charge < -0.3 is 10.1 Å². The van der Waals surface area contributed by atoms with Crippen molar-refractivity contribution in [3.05, 3.63) is 95.6 Å². The molecule has 8 heteroatoms. The molecule has 1 aliphatic rings. The summed E-state index contributed by atoms with van der Waals surface area (Å²) in [4.78, 5) is 28.6. The summed E-state index contributed by atoms with van der Waals surface area (Å²) in [6.07, 6.45) is 0.802. The topological polar surface area (TPSA) is 76.5 Å². The zero-order chi connectivity index (χ0) is 28.2. The number of rotatable bonds is 8. The molecule has 206 valence electrons. The zero-order valence-electron chi connectivity index (χ0n) is 23.3. The molecule has 2 heterocycles. The van der Waals surface area contributed by atoms with Crippen LogP contribution in [-0.2, 0) is 9.59 Å². The van der Waals surface area contributed by atoms with Crippen LogP contribution in [0.5, 0.6) is 5.75 Å². The molecule has 0 spiro atoms. The largest absolute Gasteiger partial charge is 0.496 e. The van der Waals surface area contributed by atoms with Crippen molar-refractivity contribution in [1.82, 2.24) is 15.1 Å². The highest BCUT2D eigenvalue weighted by Gasteiger charge is 2.38. The van der Waals surface area contributed by atoms with Gasteiger partial charge in [-0.15, -0.1) is 11.8 Å². The van der Waals surface area contributed by atoms with E-state index in [4.69, 9.17) is 9.84 Å². The zero-order valence-corrected chi connectivity index (χ0v) is 24.1. The van der Waals surface area contributed by atoms with Crippen molar-refractivity contribution in [2.75, 3.05) is 24.3 Å². The highest BCUT2D eigenvalue weighted by molar-refractivity contribution is 8.00. The number of methoxy groups -OCH3 is 1. The lowest BCUT2D eigenvalue weighted by Gasteiger charge is -2.24. The van der Waals surface area contributed by atoms with Gasteiger partial charge in [-0.2, -0.15) is 5.10 Å². The number of aryl methyl sites for hydroxylation is 1. The number of hydrogen-bond donors (Lipinski definition) is 1. The van der Waals surface area contributed by atoms with Crippen molar-refractivity contribution < 1.29 is 14.3 Å². The Morgan fingerprint density at radius 3 is 2.48 bits per heavy atom. The quantitative estimate of drug-likeness (QED) is 0.292. The first-order valence-electron chi connectivity index (χ1n) is 13.5. The van der Waals surface area contributed by atoms with E-state index in [1.165, 1.54) is 11.8 Å². The molecule has 5 rings (SSSR count). The minimum atomic E-state index is -0.257. The Labute approximate surface area is 239 Å². The second-order valence-corrected chi connectivity index (χ2v) is 11.1. The number of ether oxygens (including phenoxy) is 1. The van der Waals surface area contributed by atoms with Gasteiger partial charge in [0.15, 0.2) is 0 Å². The number of thioether (sulfide) groups is 1. The standard InChI is InChI=1S/C32H34N4O3S/c1-5-22(3)33-27(37)19-35-28(38)20-40-31(25-13-9-10-14-26(25)39-4)29-30(23-11-7-6-8-12-23)34-36(32(29)35)24-17-15-21(2)16-18-24/h6-18,22,31H,5,19-20H2,1-4H3,(H,33,37)/t22-,31-/m0/s1. The van der Waals surface area contributed by atoms with E-state index < -0.39 is 0 Å². The molecular formula is C32H34N4O3S. The van der Waals surface area contributed by atoms with Crippen molar-refractivity contribution in [3.63, 3.8) is 0 Å². The summed E-state index contributed by atoms with van der Waals surface area (Å²) in [5.41, 5.74) is 5.47. The summed E-state index contributed by atoms with van der Waals surface area (Å²) in [7, 11) is 1.66. The fourth-order valence-corrected chi connectivity index (χ4v) is 6.11. The second kappa shape index (κ2) is 12.0. The highest BCUT2D eigenvalue weighted by atomic mass is 32.2. The predicted octanol–water partition coefficient (Wildman–Crippen LogP) is 5.94. The number of anilines is 1. The number of amides is 2. The predicted molar refractivity (Wildman–Crippen MR) is 161 cm³/mol.